The van der Waals surface area contributed by atoms with E-state index in [1.807, 2.05) is 6.20 Å². The predicted molar refractivity (Wildman–Crippen MR) is 77.3 cm³/mol. The number of halogens is 1. The Balaban J connectivity index is 0.00000133. The van der Waals surface area contributed by atoms with Crippen molar-refractivity contribution in [3.8, 4) is 6.07 Å². The quantitative estimate of drug-likeness (QED) is 0.924. The van der Waals surface area contributed by atoms with Crippen molar-refractivity contribution >= 4 is 12.4 Å². The van der Waals surface area contributed by atoms with Crippen molar-refractivity contribution < 1.29 is 0 Å². The second-order valence-corrected chi connectivity index (χ2v) is 5.68. The molecule has 2 fully saturated rings. The van der Waals surface area contributed by atoms with Crippen LogP contribution in [0.15, 0.2) is 18.3 Å². The molecular weight excluding hydrogens is 258 g/mol. The molecular formula is C15H20ClN3. The van der Waals surface area contributed by atoms with Crippen LogP contribution >= 0.6 is 12.4 Å². The summed E-state index contributed by atoms with van der Waals surface area (Å²) in [5.41, 5.74) is 2.27. The fourth-order valence-corrected chi connectivity index (χ4v) is 2.79. The third-order valence-electron chi connectivity index (χ3n) is 4.18. The summed E-state index contributed by atoms with van der Waals surface area (Å²) in [5, 5.41) is 12.8. The molecule has 0 spiro atoms. The van der Waals surface area contributed by atoms with Gasteiger partial charge < -0.3 is 5.32 Å². The average molecular weight is 278 g/mol. The summed E-state index contributed by atoms with van der Waals surface area (Å²) in [6.07, 6.45) is 7.32. The minimum Gasteiger partial charge on any atom is -0.317 e. The van der Waals surface area contributed by atoms with Crippen LogP contribution in [0.2, 0.25) is 0 Å². The number of hydrogen-bond acceptors (Lipinski definition) is 3. The Hall–Kier alpha value is -1.11. The van der Waals surface area contributed by atoms with Crippen molar-refractivity contribution in [1.29, 1.82) is 5.26 Å². The van der Waals surface area contributed by atoms with Crippen LogP contribution in [0.5, 0.6) is 0 Å². The van der Waals surface area contributed by atoms with Gasteiger partial charge in [0.05, 0.1) is 11.5 Å². The fraction of sp³-hybridized carbons (Fsp3) is 0.600. The molecule has 1 aromatic heterocycles. The lowest BCUT2D eigenvalue weighted by Gasteiger charge is -2.31. The van der Waals surface area contributed by atoms with E-state index >= 15 is 0 Å². The van der Waals surface area contributed by atoms with Gasteiger partial charge in [-0.2, -0.15) is 5.26 Å². The highest BCUT2D eigenvalue weighted by Gasteiger charge is 2.32. The standard InChI is InChI=1S/C15H19N3.ClH/c16-11-15(5-7-17-8-6-15)9-12-1-4-14(18-10-12)13-2-3-13;/h1,4,10,13,17H,2-3,5-9H2;1H. The topological polar surface area (TPSA) is 48.7 Å². The predicted octanol–water partition coefficient (Wildman–Crippen LogP) is 2.82. The van der Waals surface area contributed by atoms with E-state index in [1.165, 1.54) is 24.1 Å². The van der Waals surface area contributed by atoms with Crippen molar-refractivity contribution in [2.75, 3.05) is 13.1 Å². The van der Waals surface area contributed by atoms with E-state index < -0.39 is 0 Å². The molecule has 0 amide bonds. The van der Waals surface area contributed by atoms with Gasteiger partial charge in [-0.05, 0) is 56.8 Å². The van der Waals surface area contributed by atoms with E-state index in [0.29, 0.717) is 5.92 Å². The zero-order valence-corrected chi connectivity index (χ0v) is 11.9. The van der Waals surface area contributed by atoms with Crippen LogP contribution in [-0.2, 0) is 6.42 Å². The van der Waals surface area contributed by atoms with E-state index in [2.05, 4.69) is 28.5 Å². The van der Waals surface area contributed by atoms with Crippen LogP contribution in [0.3, 0.4) is 0 Å². The van der Waals surface area contributed by atoms with Crippen LogP contribution < -0.4 is 5.32 Å². The van der Waals surface area contributed by atoms with E-state index in [9.17, 15) is 5.26 Å². The van der Waals surface area contributed by atoms with Crippen molar-refractivity contribution in [2.24, 2.45) is 5.41 Å². The number of nitriles is 1. The monoisotopic (exact) mass is 277 g/mol. The number of aromatic nitrogens is 1. The van der Waals surface area contributed by atoms with Crippen molar-refractivity contribution in [3.05, 3.63) is 29.6 Å². The van der Waals surface area contributed by atoms with Gasteiger partial charge in [0.1, 0.15) is 0 Å². The molecule has 1 saturated heterocycles. The largest absolute Gasteiger partial charge is 0.317 e. The Bertz CT molecular complexity index is 453. The van der Waals surface area contributed by atoms with E-state index in [1.54, 1.807) is 0 Å². The maximum absolute atomic E-state index is 9.46. The first kappa shape index (κ1) is 14.3. The van der Waals surface area contributed by atoms with E-state index in [0.717, 1.165) is 32.4 Å². The SMILES string of the molecule is Cl.N#CC1(Cc2ccc(C3CC3)nc2)CCNCC1. The summed E-state index contributed by atoms with van der Waals surface area (Å²) in [6, 6.07) is 6.87. The van der Waals surface area contributed by atoms with Gasteiger partial charge in [-0.3, -0.25) is 4.98 Å². The normalized spacial score (nSPS) is 21.2. The van der Waals surface area contributed by atoms with Gasteiger partial charge in [0, 0.05) is 17.8 Å². The first-order valence-corrected chi connectivity index (χ1v) is 6.88. The molecule has 1 aliphatic carbocycles. The molecule has 1 N–H and O–H groups in total. The van der Waals surface area contributed by atoms with Crippen LogP contribution in [0.1, 0.15) is 42.9 Å². The molecule has 4 heteroatoms. The number of nitrogens with zero attached hydrogens (tertiary/aromatic N) is 2. The second kappa shape index (κ2) is 5.90. The van der Waals surface area contributed by atoms with Crippen molar-refractivity contribution in [2.45, 2.75) is 38.0 Å². The fourth-order valence-electron chi connectivity index (χ4n) is 2.79. The maximum Gasteiger partial charge on any atom is 0.0694 e. The molecule has 0 aromatic carbocycles. The first-order valence-electron chi connectivity index (χ1n) is 6.88. The van der Waals surface area contributed by atoms with Crippen LogP contribution in [-0.4, -0.2) is 18.1 Å². The molecule has 0 atom stereocenters. The van der Waals surface area contributed by atoms with E-state index in [4.69, 9.17) is 0 Å². The first-order chi connectivity index (χ1) is 8.81. The van der Waals surface area contributed by atoms with Crippen LogP contribution in [0, 0.1) is 16.7 Å². The minimum absolute atomic E-state index is 0. The summed E-state index contributed by atoms with van der Waals surface area (Å²) >= 11 is 0. The van der Waals surface area contributed by atoms with Gasteiger partial charge in [-0.15, -0.1) is 12.4 Å². The summed E-state index contributed by atoms with van der Waals surface area (Å²) in [4.78, 5) is 4.55. The third kappa shape index (κ3) is 3.26. The highest BCUT2D eigenvalue weighted by atomic mass is 35.5. The molecule has 0 bridgehead atoms. The lowest BCUT2D eigenvalue weighted by Crippen LogP contribution is -2.37. The van der Waals surface area contributed by atoms with Gasteiger partial charge in [0.25, 0.3) is 0 Å². The Kier molecular flexibility index (Phi) is 4.44. The molecule has 1 aromatic rings. The summed E-state index contributed by atoms with van der Waals surface area (Å²) in [5.74, 6) is 0.711. The second-order valence-electron chi connectivity index (χ2n) is 5.68. The zero-order valence-electron chi connectivity index (χ0n) is 11.1. The average Bonchev–Trinajstić information content (AvgIpc) is 3.25. The summed E-state index contributed by atoms with van der Waals surface area (Å²) in [6.45, 7) is 1.92. The maximum atomic E-state index is 9.46. The van der Waals surface area contributed by atoms with Crippen LogP contribution in [0.25, 0.3) is 0 Å². The summed E-state index contributed by atoms with van der Waals surface area (Å²) in [7, 11) is 0. The molecule has 3 rings (SSSR count). The Morgan fingerprint density at radius 1 is 1.32 bits per heavy atom. The van der Waals surface area contributed by atoms with E-state index in [-0.39, 0.29) is 17.8 Å². The highest BCUT2D eigenvalue weighted by molar-refractivity contribution is 5.85. The summed E-state index contributed by atoms with van der Waals surface area (Å²) < 4.78 is 0. The molecule has 0 unspecified atom stereocenters. The molecule has 3 nitrogen and oxygen atoms in total. The highest BCUT2D eigenvalue weighted by Crippen LogP contribution is 2.39. The minimum atomic E-state index is -0.173. The Labute approximate surface area is 120 Å². The number of piperidine rings is 1. The molecule has 1 aliphatic heterocycles. The molecule has 2 aliphatic rings. The Morgan fingerprint density at radius 3 is 2.58 bits per heavy atom. The van der Waals surface area contributed by atoms with Crippen molar-refractivity contribution in [3.63, 3.8) is 0 Å². The van der Waals surface area contributed by atoms with Gasteiger partial charge in [0.2, 0.25) is 0 Å². The van der Waals surface area contributed by atoms with Gasteiger partial charge >= 0.3 is 0 Å². The lowest BCUT2D eigenvalue weighted by atomic mass is 9.76. The lowest BCUT2D eigenvalue weighted by molar-refractivity contribution is 0.280. The number of rotatable bonds is 3. The molecule has 2 heterocycles. The number of nitrogens with one attached hydrogen (secondary N) is 1. The number of hydrogen-bond donors (Lipinski definition) is 1. The zero-order chi connectivity index (χ0) is 12.4. The van der Waals surface area contributed by atoms with Gasteiger partial charge in [0.15, 0.2) is 0 Å². The smallest absolute Gasteiger partial charge is 0.0694 e. The Morgan fingerprint density at radius 2 is 2.05 bits per heavy atom. The van der Waals surface area contributed by atoms with Gasteiger partial charge in [-0.25, -0.2) is 0 Å². The molecule has 0 radical (unpaired) electrons. The molecule has 102 valence electrons. The molecule has 19 heavy (non-hydrogen) atoms. The molecule has 1 saturated carbocycles. The van der Waals surface area contributed by atoms with Gasteiger partial charge in [-0.1, -0.05) is 6.07 Å². The van der Waals surface area contributed by atoms with Crippen LogP contribution in [0.4, 0.5) is 0 Å². The number of pyridine rings is 1. The third-order valence-corrected chi connectivity index (χ3v) is 4.18. The van der Waals surface area contributed by atoms with Crippen molar-refractivity contribution in [1.82, 2.24) is 10.3 Å².